The van der Waals surface area contributed by atoms with E-state index in [0.29, 0.717) is 17.8 Å². The summed E-state index contributed by atoms with van der Waals surface area (Å²) in [5.74, 6) is -0.708. The molecule has 1 atom stereocenters. The molecule has 0 radical (unpaired) electrons. The Hall–Kier alpha value is -2.69. The van der Waals surface area contributed by atoms with Crippen LogP contribution in [0.4, 0.5) is 10.1 Å². The number of amides is 2. The predicted octanol–water partition coefficient (Wildman–Crippen LogP) is 2.67. The summed E-state index contributed by atoms with van der Waals surface area (Å²) in [6, 6.07) is 12.9. The Morgan fingerprint density at radius 2 is 2.00 bits per heavy atom. The first-order valence-electron chi connectivity index (χ1n) is 7.46. The average Bonchev–Trinajstić information content (AvgIpc) is 2.88. The van der Waals surface area contributed by atoms with Crippen LogP contribution < -0.4 is 10.2 Å². The van der Waals surface area contributed by atoms with Gasteiger partial charge < -0.3 is 10.2 Å². The Labute approximate surface area is 133 Å². The van der Waals surface area contributed by atoms with Crippen molar-refractivity contribution in [2.24, 2.45) is 0 Å². The van der Waals surface area contributed by atoms with Crippen LogP contribution in [-0.2, 0) is 4.79 Å². The Morgan fingerprint density at radius 3 is 2.74 bits per heavy atom. The summed E-state index contributed by atoms with van der Waals surface area (Å²) >= 11 is 0. The van der Waals surface area contributed by atoms with Crippen LogP contribution in [0.1, 0.15) is 22.3 Å². The SMILES string of the molecule is Cc1cccc(C(=O)NC2CC(=O)N(c3cccc(F)c3)C2)c1. The molecule has 1 fully saturated rings. The van der Waals surface area contributed by atoms with Crippen LogP contribution in [0, 0.1) is 12.7 Å². The number of hydrogen-bond acceptors (Lipinski definition) is 2. The molecule has 1 saturated heterocycles. The summed E-state index contributed by atoms with van der Waals surface area (Å²) in [5.41, 5.74) is 2.09. The minimum absolute atomic E-state index is 0.120. The van der Waals surface area contributed by atoms with Crippen molar-refractivity contribution < 1.29 is 14.0 Å². The van der Waals surface area contributed by atoms with Gasteiger partial charge in [0.05, 0.1) is 6.04 Å². The molecule has 0 saturated carbocycles. The van der Waals surface area contributed by atoms with Crippen molar-refractivity contribution in [3.8, 4) is 0 Å². The lowest BCUT2D eigenvalue weighted by Gasteiger charge is -2.17. The largest absolute Gasteiger partial charge is 0.347 e. The monoisotopic (exact) mass is 312 g/mol. The molecule has 4 nitrogen and oxygen atoms in total. The van der Waals surface area contributed by atoms with Crippen LogP contribution in [0.5, 0.6) is 0 Å². The van der Waals surface area contributed by atoms with E-state index in [1.807, 2.05) is 19.1 Å². The van der Waals surface area contributed by atoms with E-state index in [0.717, 1.165) is 5.56 Å². The minimum Gasteiger partial charge on any atom is -0.347 e. The fourth-order valence-corrected chi connectivity index (χ4v) is 2.75. The van der Waals surface area contributed by atoms with E-state index in [-0.39, 0.29) is 30.1 Å². The standard InChI is InChI=1S/C18H17FN2O2/c1-12-4-2-5-13(8-12)18(23)20-15-10-17(22)21(11-15)16-7-3-6-14(19)9-16/h2-9,15H,10-11H2,1H3,(H,20,23). The molecule has 1 N–H and O–H groups in total. The molecule has 0 spiro atoms. The quantitative estimate of drug-likeness (QED) is 0.947. The highest BCUT2D eigenvalue weighted by Gasteiger charge is 2.31. The van der Waals surface area contributed by atoms with Gasteiger partial charge in [-0.05, 0) is 37.3 Å². The highest BCUT2D eigenvalue weighted by molar-refractivity contribution is 5.99. The third kappa shape index (κ3) is 3.39. The zero-order valence-electron chi connectivity index (χ0n) is 12.8. The number of benzene rings is 2. The van der Waals surface area contributed by atoms with Gasteiger partial charge in [-0.15, -0.1) is 0 Å². The number of nitrogens with one attached hydrogen (secondary N) is 1. The number of rotatable bonds is 3. The highest BCUT2D eigenvalue weighted by Crippen LogP contribution is 2.22. The van der Waals surface area contributed by atoms with Crippen molar-refractivity contribution in [2.45, 2.75) is 19.4 Å². The van der Waals surface area contributed by atoms with Crippen LogP contribution in [0.3, 0.4) is 0 Å². The molecule has 2 aromatic carbocycles. The Balaban J connectivity index is 1.69. The summed E-state index contributed by atoms with van der Waals surface area (Å²) in [4.78, 5) is 25.9. The lowest BCUT2D eigenvalue weighted by Crippen LogP contribution is -2.37. The second-order valence-corrected chi connectivity index (χ2v) is 5.73. The molecule has 1 unspecified atom stereocenters. The smallest absolute Gasteiger partial charge is 0.251 e. The van der Waals surface area contributed by atoms with Crippen LogP contribution in [0.15, 0.2) is 48.5 Å². The van der Waals surface area contributed by atoms with Crippen molar-refractivity contribution in [2.75, 3.05) is 11.4 Å². The molecule has 3 rings (SSSR count). The van der Waals surface area contributed by atoms with Crippen LogP contribution in [0.25, 0.3) is 0 Å². The normalized spacial score (nSPS) is 17.4. The Morgan fingerprint density at radius 1 is 1.22 bits per heavy atom. The van der Waals surface area contributed by atoms with Gasteiger partial charge in [0.15, 0.2) is 0 Å². The fraction of sp³-hybridized carbons (Fsp3) is 0.222. The number of halogens is 1. The van der Waals surface area contributed by atoms with Gasteiger partial charge in [-0.1, -0.05) is 23.8 Å². The summed E-state index contributed by atoms with van der Waals surface area (Å²) in [5, 5.41) is 2.87. The maximum absolute atomic E-state index is 13.3. The highest BCUT2D eigenvalue weighted by atomic mass is 19.1. The zero-order chi connectivity index (χ0) is 16.4. The van der Waals surface area contributed by atoms with Gasteiger partial charge in [0.2, 0.25) is 5.91 Å². The molecule has 0 aromatic heterocycles. The first-order chi connectivity index (χ1) is 11.0. The van der Waals surface area contributed by atoms with E-state index >= 15 is 0 Å². The molecule has 1 aliphatic heterocycles. The van der Waals surface area contributed by atoms with Gasteiger partial charge in [0.25, 0.3) is 5.91 Å². The number of carbonyl (C=O) groups is 2. The van der Waals surface area contributed by atoms with Gasteiger partial charge in [-0.25, -0.2) is 4.39 Å². The molecule has 0 aliphatic carbocycles. The van der Waals surface area contributed by atoms with Gasteiger partial charge in [-0.3, -0.25) is 9.59 Å². The summed E-state index contributed by atoms with van der Waals surface area (Å²) < 4.78 is 13.3. The van der Waals surface area contributed by atoms with Gasteiger partial charge in [-0.2, -0.15) is 0 Å². The van der Waals surface area contributed by atoms with Crippen molar-refractivity contribution in [3.05, 3.63) is 65.5 Å². The van der Waals surface area contributed by atoms with Crippen molar-refractivity contribution in [1.29, 1.82) is 0 Å². The second-order valence-electron chi connectivity index (χ2n) is 5.73. The van der Waals surface area contributed by atoms with Crippen LogP contribution >= 0.6 is 0 Å². The van der Waals surface area contributed by atoms with Gasteiger partial charge in [0, 0.05) is 24.2 Å². The molecule has 0 bridgehead atoms. The molecule has 1 aliphatic rings. The number of aryl methyl sites for hydroxylation is 1. The Bertz CT molecular complexity index is 760. The van der Waals surface area contributed by atoms with Gasteiger partial charge in [0.1, 0.15) is 5.82 Å². The first-order valence-corrected chi connectivity index (χ1v) is 7.46. The van der Waals surface area contributed by atoms with Crippen molar-refractivity contribution >= 4 is 17.5 Å². The molecule has 2 aromatic rings. The molecule has 118 valence electrons. The molecule has 5 heteroatoms. The summed E-state index contributed by atoms with van der Waals surface area (Å²) in [7, 11) is 0. The predicted molar refractivity (Wildman–Crippen MR) is 85.8 cm³/mol. The molecular formula is C18H17FN2O2. The Kier molecular flexibility index (Phi) is 4.10. The minimum atomic E-state index is -0.387. The summed E-state index contributed by atoms with van der Waals surface area (Å²) in [6.07, 6.45) is 0.216. The maximum Gasteiger partial charge on any atom is 0.251 e. The van der Waals surface area contributed by atoms with Gasteiger partial charge >= 0.3 is 0 Å². The lowest BCUT2D eigenvalue weighted by molar-refractivity contribution is -0.117. The number of carbonyl (C=O) groups excluding carboxylic acids is 2. The zero-order valence-corrected chi connectivity index (χ0v) is 12.8. The lowest BCUT2D eigenvalue weighted by atomic mass is 10.1. The topological polar surface area (TPSA) is 49.4 Å². The average molecular weight is 312 g/mol. The van der Waals surface area contributed by atoms with E-state index < -0.39 is 0 Å². The summed E-state index contributed by atoms with van der Waals surface area (Å²) in [6.45, 7) is 2.27. The van der Waals surface area contributed by atoms with Crippen LogP contribution in [-0.4, -0.2) is 24.4 Å². The molecule has 2 amide bonds. The van der Waals surface area contributed by atoms with Crippen molar-refractivity contribution in [3.63, 3.8) is 0 Å². The van der Waals surface area contributed by atoms with E-state index in [1.54, 1.807) is 24.3 Å². The third-order valence-electron chi connectivity index (χ3n) is 3.86. The van der Waals surface area contributed by atoms with E-state index in [2.05, 4.69) is 5.32 Å². The van der Waals surface area contributed by atoms with E-state index in [9.17, 15) is 14.0 Å². The number of nitrogens with zero attached hydrogens (tertiary/aromatic N) is 1. The first kappa shape index (κ1) is 15.2. The number of hydrogen-bond donors (Lipinski definition) is 1. The van der Waals surface area contributed by atoms with E-state index in [4.69, 9.17) is 0 Å². The van der Waals surface area contributed by atoms with Crippen LogP contribution in [0.2, 0.25) is 0 Å². The number of anilines is 1. The van der Waals surface area contributed by atoms with Crippen molar-refractivity contribution in [1.82, 2.24) is 5.32 Å². The molecule has 1 heterocycles. The van der Waals surface area contributed by atoms with E-state index in [1.165, 1.54) is 17.0 Å². The molecular weight excluding hydrogens is 295 g/mol. The molecule has 23 heavy (non-hydrogen) atoms. The third-order valence-corrected chi connectivity index (χ3v) is 3.86. The maximum atomic E-state index is 13.3. The fourth-order valence-electron chi connectivity index (χ4n) is 2.75. The second kappa shape index (κ2) is 6.20.